The number of carbonyl (C=O) groups excluding carboxylic acids is 1. The fourth-order valence-electron chi connectivity index (χ4n) is 3.45. The number of hydrogen-bond donors (Lipinski definition) is 0. The molecular weight excluding hydrogens is 394 g/mol. The molecule has 4 rings (SSSR count). The van der Waals surface area contributed by atoms with E-state index < -0.39 is 4.92 Å². The van der Waals surface area contributed by atoms with Gasteiger partial charge in [0.2, 0.25) is 5.95 Å². The topological polar surface area (TPSA) is 84.5 Å². The number of halogens is 1. The molecule has 2 heterocycles. The number of para-hydroxylation sites is 1. The highest BCUT2D eigenvalue weighted by molar-refractivity contribution is 6.30. The van der Waals surface area contributed by atoms with Crippen molar-refractivity contribution in [2.75, 3.05) is 31.1 Å². The highest BCUT2D eigenvalue weighted by Crippen LogP contribution is 2.24. The monoisotopic (exact) mass is 411 g/mol. The first-order valence-corrected chi connectivity index (χ1v) is 9.49. The minimum Gasteiger partial charge on any atom is -0.338 e. The van der Waals surface area contributed by atoms with E-state index in [-0.39, 0.29) is 17.2 Å². The fraction of sp³-hybridized carbons (Fsp3) is 0.200. The summed E-state index contributed by atoms with van der Waals surface area (Å²) in [5.74, 6) is 0.445. The van der Waals surface area contributed by atoms with Crippen molar-refractivity contribution in [3.05, 3.63) is 81.6 Å². The summed E-state index contributed by atoms with van der Waals surface area (Å²) in [4.78, 5) is 31.7. The Labute approximate surface area is 172 Å². The van der Waals surface area contributed by atoms with Gasteiger partial charge in [0.15, 0.2) is 0 Å². The van der Waals surface area contributed by atoms with Crippen LogP contribution in [0.15, 0.2) is 60.9 Å². The maximum atomic E-state index is 12.8. The van der Waals surface area contributed by atoms with Gasteiger partial charge in [-0.1, -0.05) is 29.8 Å². The molecule has 0 radical (unpaired) electrons. The zero-order chi connectivity index (χ0) is 20.4. The van der Waals surface area contributed by atoms with Crippen LogP contribution in [-0.2, 0) is 0 Å². The van der Waals surface area contributed by atoms with Crippen LogP contribution in [0, 0.1) is 10.1 Å². The summed E-state index contributed by atoms with van der Waals surface area (Å²) in [5.41, 5.74) is 0.853. The Bertz CT molecular complexity index is 1060. The van der Waals surface area contributed by atoms with Crippen molar-refractivity contribution in [2.45, 2.75) is 0 Å². The zero-order valence-corrected chi connectivity index (χ0v) is 16.2. The van der Waals surface area contributed by atoms with Gasteiger partial charge in [0.1, 0.15) is 5.56 Å². The third-order valence-electron chi connectivity index (χ3n) is 4.89. The molecule has 1 amide bonds. The molecule has 0 N–H and O–H groups in total. The lowest BCUT2D eigenvalue weighted by Gasteiger charge is -2.35. The normalized spacial score (nSPS) is 14.1. The first kappa shape index (κ1) is 18.9. The Hall–Kier alpha value is -3.39. The average molecular weight is 412 g/mol. The van der Waals surface area contributed by atoms with Gasteiger partial charge in [0.05, 0.1) is 4.92 Å². The molecule has 0 saturated carbocycles. The minimum atomic E-state index is -0.523. The largest absolute Gasteiger partial charge is 0.338 e. The van der Waals surface area contributed by atoms with Crippen LogP contribution in [0.2, 0.25) is 5.02 Å². The highest BCUT2D eigenvalue weighted by Gasteiger charge is 2.28. The molecule has 0 unspecified atom stereocenters. The lowest BCUT2D eigenvalue weighted by Crippen LogP contribution is -2.49. The van der Waals surface area contributed by atoms with Gasteiger partial charge in [0, 0.05) is 55.3 Å². The summed E-state index contributed by atoms with van der Waals surface area (Å²) in [6.45, 7) is 2.05. The third-order valence-corrected chi connectivity index (χ3v) is 5.12. The molecule has 9 heteroatoms. The Kier molecular flexibility index (Phi) is 5.18. The van der Waals surface area contributed by atoms with Gasteiger partial charge in [-0.25, -0.2) is 4.98 Å². The maximum Gasteiger partial charge on any atom is 0.282 e. The third kappa shape index (κ3) is 3.79. The predicted molar refractivity (Wildman–Crippen MR) is 110 cm³/mol. The first-order chi connectivity index (χ1) is 14.0. The number of amides is 1. The zero-order valence-electron chi connectivity index (χ0n) is 15.4. The predicted octanol–water partition coefficient (Wildman–Crippen LogP) is 3.40. The summed E-state index contributed by atoms with van der Waals surface area (Å²) in [6.07, 6.45) is 3.59. The number of imidazole rings is 1. The molecular formula is C20H18ClN5O3. The lowest BCUT2D eigenvalue weighted by atomic mass is 10.1. The second-order valence-corrected chi connectivity index (χ2v) is 7.07. The molecule has 29 heavy (non-hydrogen) atoms. The van der Waals surface area contributed by atoms with Crippen molar-refractivity contribution in [3.63, 3.8) is 0 Å². The molecule has 0 bridgehead atoms. The van der Waals surface area contributed by atoms with Gasteiger partial charge in [-0.05, 0) is 24.3 Å². The van der Waals surface area contributed by atoms with Gasteiger partial charge in [-0.3, -0.25) is 19.5 Å². The molecule has 0 atom stereocenters. The quantitative estimate of drug-likeness (QED) is 0.485. The smallest absolute Gasteiger partial charge is 0.282 e. The van der Waals surface area contributed by atoms with Gasteiger partial charge in [-0.15, -0.1) is 0 Å². The lowest BCUT2D eigenvalue weighted by molar-refractivity contribution is -0.385. The van der Waals surface area contributed by atoms with Crippen molar-refractivity contribution in [2.24, 2.45) is 0 Å². The van der Waals surface area contributed by atoms with Gasteiger partial charge >= 0.3 is 0 Å². The second kappa shape index (κ2) is 7.92. The molecule has 3 aromatic rings. The van der Waals surface area contributed by atoms with Crippen LogP contribution >= 0.6 is 11.6 Å². The Morgan fingerprint density at radius 3 is 2.55 bits per heavy atom. The standard InChI is InChI=1S/C20H18ClN5O3/c21-15-4-3-5-16(14-15)25-9-8-22-20(25)24-12-10-23(11-13-24)19(27)17-6-1-2-7-18(17)26(28)29/h1-9,14H,10-13H2. The van der Waals surface area contributed by atoms with Crippen molar-refractivity contribution in [1.82, 2.24) is 14.5 Å². The van der Waals surface area contributed by atoms with Gasteiger partial charge < -0.3 is 9.80 Å². The van der Waals surface area contributed by atoms with Crippen molar-refractivity contribution < 1.29 is 9.72 Å². The van der Waals surface area contributed by atoms with Crippen LogP contribution in [0.4, 0.5) is 11.6 Å². The fourth-order valence-corrected chi connectivity index (χ4v) is 3.64. The van der Waals surface area contributed by atoms with Crippen LogP contribution in [0.3, 0.4) is 0 Å². The molecule has 1 aromatic heterocycles. The average Bonchev–Trinajstić information content (AvgIpc) is 3.23. The number of nitro benzene ring substituents is 1. The van der Waals surface area contributed by atoms with Crippen LogP contribution in [0.5, 0.6) is 0 Å². The molecule has 1 fully saturated rings. The SMILES string of the molecule is O=C(c1ccccc1[N+](=O)[O-])N1CCN(c2nccn2-c2cccc(Cl)c2)CC1. The van der Waals surface area contributed by atoms with Gasteiger partial charge in [0.25, 0.3) is 11.6 Å². The number of rotatable bonds is 4. The number of hydrogen-bond acceptors (Lipinski definition) is 5. The van der Waals surface area contributed by atoms with Crippen molar-refractivity contribution in [1.29, 1.82) is 0 Å². The Morgan fingerprint density at radius 2 is 1.83 bits per heavy atom. The van der Waals surface area contributed by atoms with E-state index in [4.69, 9.17) is 11.6 Å². The number of aromatic nitrogens is 2. The molecule has 148 valence electrons. The molecule has 0 aliphatic carbocycles. The molecule has 2 aromatic carbocycles. The van der Waals surface area contributed by atoms with E-state index in [0.29, 0.717) is 31.2 Å². The summed E-state index contributed by atoms with van der Waals surface area (Å²) in [5, 5.41) is 11.9. The Morgan fingerprint density at radius 1 is 1.07 bits per heavy atom. The van der Waals surface area contributed by atoms with Crippen molar-refractivity contribution >= 4 is 29.1 Å². The molecule has 8 nitrogen and oxygen atoms in total. The molecule has 0 spiro atoms. The molecule has 1 saturated heterocycles. The number of benzene rings is 2. The van der Waals surface area contributed by atoms with E-state index in [1.54, 1.807) is 23.2 Å². The summed E-state index contributed by atoms with van der Waals surface area (Å²) >= 11 is 6.11. The van der Waals surface area contributed by atoms with Crippen LogP contribution in [-0.4, -0.2) is 51.5 Å². The number of nitro groups is 1. The number of carbonyl (C=O) groups is 1. The van der Waals surface area contributed by atoms with E-state index in [9.17, 15) is 14.9 Å². The highest BCUT2D eigenvalue weighted by atomic mass is 35.5. The van der Waals surface area contributed by atoms with E-state index in [1.165, 1.54) is 12.1 Å². The van der Waals surface area contributed by atoms with E-state index in [0.717, 1.165) is 11.6 Å². The minimum absolute atomic E-state index is 0.117. The number of nitrogens with zero attached hydrogens (tertiary/aromatic N) is 5. The van der Waals surface area contributed by atoms with Gasteiger partial charge in [-0.2, -0.15) is 0 Å². The second-order valence-electron chi connectivity index (χ2n) is 6.63. The maximum absolute atomic E-state index is 12.8. The van der Waals surface area contributed by atoms with Crippen molar-refractivity contribution in [3.8, 4) is 5.69 Å². The first-order valence-electron chi connectivity index (χ1n) is 9.11. The molecule has 1 aliphatic rings. The summed E-state index contributed by atoms with van der Waals surface area (Å²) in [6, 6.07) is 13.6. The Balaban J connectivity index is 1.49. The van der Waals surface area contributed by atoms with E-state index in [1.807, 2.05) is 35.0 Å². The van der Waals surface area contributed by atoms with Crippen LogP contribution < -0.4 is 4.90 Å². The van der Waals surface area contributed by atoms with Crippen LogP contribution in [0.25, 0.3) is 5.69 Å². The van der Waals surface area contributed by atoms with E-state index in [2.05, 4.69) is 9.88 Å². The number of piperazine rings is 1. The van der Waals surface area contributed by atoms with E-state index >= 15 is 0 Å². The summed E-state index contributed by atoms with van der Waals surface area (Å²) < 4.78 is 1.95. The summed E-state index contributed by atoms with van der Waals surface area (Å²) in [7, 11) is 0. The van der Waals surface area contributed by atoms with Crippen LogP contribution in [0.1, 0.15) is 10.4 Å². The molecule has 1 aliphatic heterocycles. The number of anilines is 1.